The highest BCUT2D eigenvalue weighted by Crippen LogP contribution is 2.00. The lowest BCUT2D eigenvalue weighted by atomic mass is 10.3. The van der Waals surface area contributed by atoms with Crippen molar-refractivity contribution < 1.29 is 9.90 Å². The average molecular weight is 257 g/mol. The summed E-state index contributed by atoms with van der Waals surface area (Å²) < 4.78 is 0. The lowest BCUT2D eigenvalue weighted by Gasteiger charge is -1.92. The van der Waals surface area contributed by atoms with Crippen LogP contribution in [-0.4, -0.2) is 21.0 Å². The number of anilines is 2. The summed E-state index contributed by atoms with van der Waals surface area (Å²) in [4.78, 5) is 17.5. The fourth-order valence-corrected chi connectivity index (χ4v) is 1.00. The normalized spacial score (nSPS) is 8.79. The van der Waals surface area contributed by atoms with E-state index in [1.54, 1.807) is 12.1 Å². The SMILES string of the molecule is N#Cc1ccc(N)cn1.Nc1ccc(C(=O)O)nc1. The Morgan fingerprint density at radius 1 is 1.11 bits per heavy atom. The predicted octanol–water partition coefficient (Wildman–Crippen LogP) is 0.897. The van der Waals surface area contributed by atoms with E-state index in [2.05, 4.69) is 9.97 Å². The Balaban J connectivity index is 0.000000191. The molecule has 0 fully saturated rings. The lowest BCUT2D eigenvalue weighted by Crippen LogP contribution is -1.99. The summed E-state index contributed by atoms with van der Waals surface area (Å²) >= 11 is 0. The van der Waals surface area contributed by atoms with Gasteiger partial charge in [-0.1, -0.05) is 0 Å². The Hall–Kier alpha value is -3.14. The summed E-state index contributed by atoms with van der Waals surface area (Å²) in [6, 6.07) is 7.97. The number of carboxylic acid groups (broad SMARTS) is 1. The topological polar surface area (TPSA) is 139 Å². The van der Waals surface area contributed by atoms with Gasteiger partial charge in [-0.2, -0.15) is 5.26 Å². The van der Waals surface area contributed by atoms with E-state index < -0.39 is 5.97 Å². The van der Waals surface area contributed by atoms with Crippen LogP contribution in [0.1, 0.15) is 16.2 Å². The van der Waals surface area contributed by atoms with Gasteiger partial charge in [0, 0.05) is 0 Å². The van der Waals surface area contributed by atoms with Gasteiger partial charge in [-0.05, 0) is 24.3 Å². The minimum Gasteiger partial charge on any atom is -0.477 e. The van der Waals surface area contributed by atoms with Crippen molar-refractivity contribution in [1.82, 2.24) is 9.97 Å². The first-order chi connectivity index (χ1) is 9.02. The van der Waals surface area contributed by atoms with Gasteiger partial charge in [0.05, 0.1) is 23.8 Å². The van der Waals surface area contributed by atoms with Gasteiger partial charge in [-0.15, -0.1) is 0 Å². The zero-order chi connectivity index (χ0) is 14.3. The van der Waals surface area contributed by atoms with Crippen molar-refractivity contribution in [3.8, 4) is 6.07 Å². The van der Waals surface area contributed by atoms with Crippen molar-refractivity contribution in [2.24, 2.45) is 0 Å². The van der Waals surface area contributed by atoms with Crippen LogP contribution in [0.2, 0.25) is 0 Å². The number of aromatic carboxylic acids is 1. The van der Waals surface area contributed by atoms with Crippen LogP contribution in [0.5, 0.6) is 0 Å². The van der Waals surface area contributed by atoms with E-state index in [1.807, 2.05) is 6.07 Å². The summed E-state index contributed by atoms with van der Waals surface area (Å²) in [5, 5.41) is 16.6. The minimum absolute atomic E-state index is 0.00852. The molecule has 2 rings (SSSR count). The van der Waals surface area contributed by atoms with Gasteiger partial charge >= 0.3 is 5.97 Å². The molecule has 0 aliphatic rings. The van der Waals surface area contributed by atoms with Gasteiger partial charge in [-0.3, -0.25) is 0 Å². The van der Waals surface area contributed by atoms with Crippen molar-refractivity contribution in [3.63, 3.8) is 0 Å². The quantitative estimate of drug-likeness (QED) is 0.689. The van der Waals surface area contributed by atoms with Gasteiger partial charge in [-0.25, -0.2) is 14.8 Å². The first kappa shape index (κ1) is 13.9. The van der Waals surface area contributed by atoms with Crippen LogP contribution >= 0.6 is 0 Å². The Morgan fingerprint density at radius 2 is 1.68 bits per heavy atom. The van der Waals surface area contributed by atoms with Gasteiger partial charge in [0.15, 0.2) is 0 Å². The summed E-state index contributed by atoms with van der Waals surface area (Å²) in [5.74, 6) is -1.04. The Bertz CT molecular complexity index is 587. The number of nitriles is 1. The van der Waals surface area contributed by atoms with Gasteiger partial charge < -0.3 is 16.6 Å². The van der Waals surface area contributed by atoms with Gasteiger partial charge in [0.25, 0.3) is 0 Å². The van der Waals surface area contributed by atoms with E-state index >= 15 is 0 Å². The molecular weight excluding hydrogens is 246 g/mol. The molecule has 2 aromatic rings. The Kier molecular flexibility index (Phi) is 4.81. The number of rotatable bonds is 1. The molecule has 0 aromatic carbocycles. The second kappa shape index (κ2) is 6.56. The van der Waals surface area contributed by atoms with Crippen LogP contribution in [0, 0.1) is 11.3 Å². The molecule has 0 aliphatic carbocycles. The van der Waals surface area contributed by atoms with Crippen LogP contribution < -0.4 is 11.5 Å². The van der Waals surface area contributed by atoms with Crippen LogP contribution in [-0.2, 0) is 0 Å². The predicted molar refractivity (Wildman–Crippen MR) is 69.0 cm³/mol. The molecule has 0 saturated carbocycles. The zero-order valence-electron chi connectivity index (χ0n) is 9.82. The maximum absolute atomic E-state index is 10.2. The summed E-state index contributed by atoms with van der Waals surface area (Å²) in [5.41, 5.74) is 12.0. The van der Waals surface area contributed by atoms with E-state index in [0.717, 1.165) is 0 Å². The van der Waals surface area contributed by atoms with E-state index in [1.165, 1.54) is 24.5 Å². The average Bonchev–Trinajstić information content (AvgIpc) is 2.41. The molecule has 7 heteroatoms. The minimum atomic E-state index is -1.04. The molecule has 7 nitrogen and oxygen atoms in total. The molecule has 0 amide bonds. The Labute approximate surface area is 109 Å². The molecular formula is C12H11N5O2. The highest BCUT2D eigenvalue weighted by Gasteiger charge is 2.00. The number of nitrogens with zero attached hydrogens (tertiary/aromatic N) is 3. The molecule has 0 aliphatic heterocycles. The monoisotopic (exact) mass is 257 g/mol. The molecule has 5 N–H and O–H groups in total. The number of hydrogen-bond donors (Lipinski definition) is 3. The molecule has 0 bridgehead atoms. The second-order valence-corrected chi connectivity index (χ2v) is 3.37. The maximum Gasteiger partial charge on any atom is 0.354 e. The highest BCUT2D eigenvalue weighted by molar-refractivity contribution is 5.85. The van der Waals surface area contributed by atoms with Crippen molar-refractivity contribution in [2.75, 3.05) is 11.5 Å². The third-order valence-electron chi connectivity index (χ3n) is 1.91. The van der Waals surface area contributed by atoms with Crippen LogP contribution in [0.15, 0.2) is 36.7 Å². The number of nitrogen functional groups attached to an aromatic ring is 2. The van der Waals surface area contributed by atoms with Crippen molar-refractivity contribution in [2.45, 2.75) is 0 Å². The third-order valence-corrected chi connectivity index (χ3v) is 1.91. The number of pyridine rings is 2. The standard InChI is InChI=1S/C6H5N3.C6H6N2O2/c7-3-6-2-1-5(8)4-9-6;7-4-1-2-5(6(9)10)8-3-4/h1-2,4H,8H2;1-3H,7H2,(H,9,10). The lowest BCUT2D eigenvalue weighted by molar-refractivity contribution is 0.0690. The molecule has 19 heavy (non-hydrogen) atoms. The summed E-state index contributed by atoms with van der Waals surface area (Å²) in [7, 11) is 0. The number of hydrogen-bond acceptors (Lipinski definition) is 6. The van der Waals surface area contributed by atoms with E-state index in [4.69, 9.17) is 21.8 Å². The smallest absolute Gasteiger partial charge is 0.354 e. The summed E-state index contributed by atoms with van der Waals surface area (Å²) in [6.45, 7) is 0. The molecule has 96 valence electrons. The number of carbonyl (C=O) groups is 1. The molecule has 2 heterocycles. The number of nitrogens with two attached hydrogens (primary N) is 2. The van der Waals surface area contributed by atoms with Crippen LogP contribution in [0.25, 0.3) is 0 Å². The highest BCUT2D eigenvalue weighted by atomic mass is 16.4. The zero-order valence-corrected chi connectivity index (χ0v) is 9.82. The molecule has 2 aromatic heterocycles. The van der Waals surface area contributed by atoms with Crippen molar-refractivity contribution in [3.05, 3.63) is 48.0 Å². The van der Waals surface area contributed by atoms with E-state index in [0.29, 0.717) is 17.1 Å². The number of carboxylic acids is 1. The first-order valence-electron chi connectivity index (χ1n) is 5.09. The van der Waals surface area contributed by atoms with E-state index in [-0.39, 0.29) is 5.69 Å². The number of aromatic nitrogens is 2. The largest absolute Gasteiger partial charge is 0.477 e. The van der Waals surface area contributed by atoms with Crippen LogP contribution in [0.4, 0.5) is 11.4 Å². The van der Waals surface area contributed by atoms with Crippen LogP contribution in [0.3, 0.4) is 0 Å². The summed E-state index contributed by atoms with van der Waals surface area (Å²) in [6.07, 6.45) is 2.77. The molecule has 0 radical (unpaired) electrons. The molecule has 0 atom stereocenters. The fraction of sp³-hybridized carbons (Fsp3) is 0. The first-order valence-corrected chi connectivity index (χ1v) is 5.09. The third kappa shape index (κ3) is 4.70. The molecule has 0 unspecified atom stereocenters. The van der Waals surface area contributed by atoms with Crippen molar-refractivity contribution in [1.29, 1.82) is 5.26 Å². The maximum atomic E-state index is 10.2. The van der Waals surface area contributed by atoms with E-state index in [9.17, 15) is 4.79 Å². The molecule has 0 spiro atoms. The Morgan fingerprint density at radius 3 is 2.05 bits per heavy atom. The van der Waals surface area contributed by atoms with Crippen molar-refractivity contribution >= 4 is 17.3 Å². The second-order valence-electron chi connectivity index (χ2n) is 3.37. The molecule has 0 saturated heterocycles. The fourth-order valence-electron chi connectivity index (χ4n) is 1.00. The van der Waals surface area contributed by atoms with Gasteiger partial charge in [0.2, 0.25) is 0 Å². The van der Waals surface area contributed by atoms with Gasteiger partial charge in [0.1, 0.15) is 17.5 Å².